The van der Waals surface area contributed by atoms with Gasteiger partial charge in [-0.25, -0.2) is 0 Å². The molecule has 0 spiro atoms. The molecule has 1 heterocycles. The Morgan fingerprint density at radius 3 is 2.56 bits per heavy atom. The highest BCUT2D eigenvalue weighted by atomic mass is 28.4. The SMILES string of the molecule is C=CC[C@@H]1C[C@H](CO[Si](C)(C)C(C)(C)C)N(C)O1. The molecule has 3 nitrogen and oxygen atoms in total. The molecule has 0 aromatic heterocycles. The summed E-state index contributed by atoms with van der Waals surface area (Å²) in [5.41, 5.74) is 0. The van der Waals surface area contributed by atoms with Gasteiger partial charge in [0, 0.05) is 7.05 Å². The standard InChI is InChI=1S/C14H29NO2Si/c1-8-9-13-10-12(15(5)17-13)11-16-18(6,7)14(2,3)4/h8,12-13H,1,9-11H2,2-7H3/t12-,13-/m1/s1. The van der Waals surface area contributed by atoms with Crippen LogP contribution in [-0.2, 0) is 9.26 Å². The molecule has 0 unspecified atom stereocenters. The Morgan fingerprint density at radius 1 is 1.44 bits per heavy atom. The van der Waals surface area contributed by atoms with Gasteiger partial charge in [0.15, 0.2) is 8.32 Å². The number of hydroxylamine groups is 2. The summed E-state index contributed by atoms with van der Waals surface area (Å²) < 4.78 is 6.27. The van der Waals surface area contributed by atoms with Crippen LogP contribution in [0.15, 0.2) is 12.7 Å². The van der Waals surface area contributed by atoms with Crippen molar-refractivity contribution >= 4 is 8.32 Å². The Morgan fingerprint density at radius 2 is 2.06 bits per heavy atom. The summed E-state index contributed by atoms with van der Waals surface area (Å²) in [6.07, 6.45) is 4.16. The lowest BCUT2D eigenvalue weighted by Gasteiger charge is -2.37. The molecule has 0 bridgehead atoms. The van der Waals surface area contributed by atoms with Crippen molar-refractivity contribution in [3.05, 3.63) is 12.7 Å². The molecule has 4 heteroatoms. The van der Waals surface area contributed by atoms with Gasteiger partial charge in [0.05, 0.1) is 18.8 Å². The Bertz CT molecular complexity index is 286. The van der Waals surface area contributed by atoms with Crippen molar-refractivity contribution in [2.75, 3.05) is 13.7 Å². The van der Waals surface area contributed by atoms with Crippen LogP contribution >= 0.6 is 0 Å². The van der Waals surface area contributed by atoms with E-state index in [9.17, 15) is 0 Å². The molecule has 1 rings (SSSR count). The highest BCUT2D eigenvalue weighted by Crippen LogP contribution is 2.37. The Balaban J connectivity index is 2.47. The van der Waals surface area contributed by atoms with E-state index in [1.807, 2.05) is 18.2 Å². The molecule has 1 aliphatic heterocycles. The van der Waals surface area contributed by atoms with E-state index in [0.29, 0.717) is 6.04 Å². The number of hydrogen-bond donors (Lipinski definition) is 0. The van der Waals surface area contributed by atoms with Crippen molar-refractivity contribution in [3.63, 3.8) is 0 Å². The normalized spacial score (nSPS) is 26.6. The Kier molecular flexibility index (Phi) is 5.18. The first-order chi connectivity index (χ1) is 8.17. The molecule has 18 heavy (non-hydrogen) atoms. The maximum absolute atomic E-state index is 6.27. The zero-order chi connectivity index (χ0) is 14.0. The first kappa shape index (κ1) is 15.9. The van der Waals surface area contributed by atoms with Crippen LogP contribution in [0, 0.1) is 0 Å². The third-order valence-electron chi connectivity index (χ3n) is 4.24. The predicted molar refractivity (Wildman–Crippen MR) is 79.0 cm³/mol. The molecule has 0 N–H and O–H groups in total. The first-order valence-electron chi connectivity index (χ1n) is 6.82. The smallest absolute Gasteiger partial charge is 0.192 e. The van der Waals surface area contributed by atoms with E-state index in [4.69, 9.17) is 9.26 Å². The van der Waals surface area contributed by atoms with Gasteiger partial charge in [-0.15, -0.1) is 6.58 Å². The summed E-state index contributed by atoms with van der Waals surface area (Å²) in [5, 5.41) is 2.23. The van der Waals surface area contributed by atoms with Gasteiger partial charge in [0.25, 0.3) is 0 Å². The average molecular weight is 271 g/mol. The molecule has 0 radical (unpaired) electrons. The molecular weight excluding hydrogens is 242 g/mol. The number of nitrogens with zero attached hydrogens (tertiary/aromatic N) is 1. The van der Waals surface area contributed by atoms with Gasteiger partial charge in [-0.05, 0) is 31.0 Å². The lowest BCUT2D eigenvalue weighted by Crippen LogP contribution is -2.44. The van der Waals surface area contributed by atoms with Gasteiger partial charge in [-0.1, -0.05) is 26.8 Å². The van der Waals surface area contributed by atoms with Crippen LogP contribution in [0.3, 0.4) is 0 Å². The van der Waals surface area contributed by atoms with Crippen LogP contribution in [-0.4, -0.2) is 39.2 Å². The molecule has 0 saturated carbocycles. The van der Waals surface area contributed by atoms with E-state index < -0.39 is 8.32 Å². The van der Waals surface area contributed by atoms with Crippen molar-refractivity contribution in [1.82, 2.24) is 5.06 Å². The number of likely N-dealkylation sites (N-methyl/N-ethyl adjacent to an activating group) is 1. The zero-order valence-corrected chi connectivity index (χ0v) is 13.8. The van der Waals surface area contributed by atoms with Gasteiger partial charge >= 0.3 is 0 Å². The lowest BCUT2D eigenvalue weighted by molar-refractivity contribution is -0.146. The van der Waals surface area contributed by atoms with E-state index in [2.05, 4.69) is 40.4 Å². The largest absolute Gasteiger partial charge is 0.415 e. The molecular formula is C14H29NO2Si. The number of rotatable bonds is 5. The Hall–Kier alpha value is -0.163. The molecule has 1 saturated heterocycles. The highest BCUT2D eigenvalue weighted by Gasteiger charge is 2.39. The molecule has 2 atom stereocenters. The van der Waals surface area contributed by atoms with E-state index in [1.165, 1.54) is 0 Å². The summed E-state index contributed by atoms with van der Waals surface area (Å²) in [7, 11) is 0.358. The molecule has 0 aromatic carbocycles. The first-order valence-corrected chi connectivity index (χ1v) is 9.72. The van der Waals surface area contributed by atoms with Crippen molar-refractivity contribution in [1.29, 1.82) is 0 Å². The van der Waals surface area contributed by atoms with Gasteiger partial charge in [-0.3, -0.25) is 4.84 Å². The second-order valence-corrected chi connectivity index (χ2v) is 11.6. The minimum Gasteiger partial charge on any atom is -0.415 e. The predicted octanol–water partition coefficient (Wildman–Crippen LogP) is 3.59. The second kappa shape index (κ2) is 5.86. The van der Waals surface area contributed by atoms with Crippen molar-refractivity contribution in [3.8, 4) is 0 Å². The highest BCUT2D eigenvalue weighted by molar-refractivity contribution is 6.74. The van der Waals surface area contributed by atoms with Crippen LogP contribution in [0.4, 0.5) is 0 Å². The van der Waals surface area contributed by atoms with Crippen LogP contribution < -0.4 is 0 Å². The van der Waals surface area contributed by atoms with Crippen molar-refractivity contribution in [2.24, 2.45) is 0 Å². The lowest BCUT2D eigenvalue weighted by atomic mass is 10.1. The van der Waals surface area contributed by atoms with E-state index in [0.717, 1.165) is 19.4 Å². The average Bonchev–Trinajstić information content (AvgIpc) is 2.55. The fraction of sp³-hybridized carbons (Fsp3) is 0.857. The fourth-order valence-electron chi connectivity index (χ4n) is 1.84. The van der Waals surface area contributed by atoms with Crippen LogP contribution in [0.2, 0.25) is 18.1 Å². The van der Waals surface area contributed by atoms with Crippen LogP contribution in [0.1, 0.15) is 33.6 Å². The summed E-state index contributed by atoms with van der Waals surface area (Å²) in [6.45, 7) is 16.0. The minimum atomic E-state index is -1.64. The summed E-state index contributed by atoms with van der Waals surface area (Å²) in [4.78, 5) is 5.76. The summed E-state index contributed by atoms with van der Waals surface area (Å²) in [5.74, 6) is 0. The van der Waals surface area contributed by atoms with Crippen molar-refractivity contribution in [2.45, 2.75) is 63.9 Å². The van der Waals surface area contributed by atoms with Crippen LogP contribution in [0.5, 0.6) is 0 Å². The molecule has 106 valence electrons. The monoisotopic (exact) mass is 271 g/mol. The summed E-state index contributed by atoms with van der Waals surface area (Å²) >= 11 is 0. The van der Waals surface area contributed by atoms with Gasteiger partial charge in [0.2, 0.25) is 0 Å². The number of hydrogen-bond acceptors (Lipinski definition) is 3. The van der Waals surface area contributed by atoms with Crippen LogP contribution in [0.25, 0.3) is 0 Å². The molecule has 1 fully saturated rings. The molecule has 0 amide bonds. The fourth-order valence-corrected chi connectivity index (χ4v) is 2.88. The maximum atomic E-state index is 6.27. The maximum Gasteiger partial charge on any atom is 0.192 e. The van der Waals surface area contributed by atoms with Gasteiger partial charge in [-0.2, -0.15) is 5.06 Å². The summed E-state index contributed by atoms with van der Waals surface area (Å²) in [6, 6.07) is 0.379. The zero-order valence-electron chi connectivity index (χ0n) is 12.8. The van der Waals surface area contributed by atoms with E-state index in [-0.39, 0.29) is 11.1 Å². The van der Waals surface area contributed by atoms with Gasteiger partial charge < -0.3 is 4.43 Å². The molecule has 0 aliphatic carbocycles. The minimum absolute atomic E-state index is 0.269. The van der Waals surface area contributed by atoms with E-state index >= 15 is 0 Å². The third-order valence-corrected chi connectivity index (χ3v) is 8.74. The van der Waals surface area contributed by atoms with E-state index in [1.54, 1.807) is 0 Å². The van der Waals surface area contributed by atoms with Crippen molar-refractivity contribution < 1.29 is 9.26 Å². The van der Waals surface area contributed by atoms with Gasteiger partial charge in [0.1, 0.15) is 0 Å². The quantitative estimate of drug-likeness (QED) is 0.563. The third kappa shape index (κ3) is 3.92. The molecule has 1 aliphatic rings. The topological polar surface area (TPSA) is 21.7 Å². The molecule has 0 aromatic rings. The Labute approximate surface area is 113 Å². The second-order valence-electron chi connectivity index (χ2n) is 6.76.